The van der Waals surface area contributed by atoms with Crippen molar-refractivity contribution >= 4 is 5.91 Å². The second-order valence-electron chi connectivity index (χ2n) is 5.66. The van der Waals surface area contributed by atoms with Gasteiger partial charge in [0.2, 0.25) is 5.91 Å². The lowest BCUT2D eigenvalue weighted by molar-refractivity contribution is -0.127. The fourth-order valence-corrected chi connectivity index (χ4v) is 2.76. The number of hydrogen-bond donors (Lipinski definition) is 1. The van der Waals surface area contributed by atoms with Crippen LogP contribution in [0.25, 0.3) is 11.4 Å². The lowest BCUT2D eigenvalue weighted by atomic mass is 10.0. The van der Waals surface area contributed by atoms with Crippen LogP contribution in [0.15, 0.2) is 18.5 Å². The molecule has 110 valence electrons. The third-order valence-electron chi connectivity index (χ3n) is 3.88. The van der Waals surface area contributed by atoms with E-state index in [2.05, 4.69) is 20.2 Å². The molecule has 0 aromatic carbocycles. The molecule has 1 aliphatic heterocycles. The van der Waals surface area contributed by atoms with E-state index in [9.17, 15) is 4.79 Å². The number of likely N-dealkylation sites (tertiary alicyclic amines) is 1. The average Bonchev–Trinajstić information content (AvgIpc) is 3.08. The number of nitrogens with one attached hydrogen (secondary N) is 1. The van der Waals surface area contributed by atoms with Crippen molar-refractivity contribution in [3.8, 4) is 11.4 Å². The first-order valence-electron chi connectivity index (χ1n) is 7.20. The zero-order valence-corrected chi connectivity index (χ0v) is 12.3. The Labute approximate surface area is 123 Å². The van der Waals surface area contributed by atoms with Gasteiger partial charge in [-0.1, -0.05) is 0 Å². The van der Waals surface area contributed by atoms with Gasteiger partial charge in [-0.15, -0.1) is 0 Å². The topological polar surface area (TPSA) is 74.8 Å². The van der Waals surface area contributed by atoms with Crippen molar-refractivity contribution in [3.63, 3.8) is 0 Å². The van der Waals surface area contributed by atoms with E-state index in [-0.39, 0.29) is 5.91 Å². The minimum Gasteiger partial charge on any atom is -0.343 e. The summed E-state index contributed by atoms with van der Waals surface area (Å²) in [6.07, 6.45) is 5.43. The standard InChI is InChI=1S/C15H19N5O/c1-10-5-14(19-18-10)15-8-16-7-13(17-15)6-12-3-4-20(9-12)11(2)21/h5,7-8,12H,3-4,6,9H2,1-2H3,(H,18,19)/t12-/m0/s1. The maximum absolute atomic E-state index is 11.4. The molecule has 1 amide bonds. The van der Waals surface area contributed by atoms with E-state index in [4.69, 9.17) is 0 Å². The SMILES string of the molecule is CC(=O)N1CC[C@@H](Cc2cncc(-c3cc(C)[nH]n3)n2)C1. The number of amides is 1. The molecule has 1 saturated heterocycles. The summed E-state index contributed by atoms with van der Waals surface area (Å²) in [6, 6.07) is 1.96. The average molecular weight is 285 g/mol. The molecule has 0 unspecified atom stereocenters. The Kier molecular flexibility index (Phi) is 3.68. The first-order valence-corrected chi connectivity index (χ1v) is 7.20. The first kappa shape index (κ1) is 13.7. The highest BCUT2D eigenvalue weighted by Gasteiger charge is 2.24. The fourth-order valence-electron chi connectivity index (χ4n) is 2.76. The largest absolute Gasteiger partial charge is 0.343 e. The number of nitrogens with zero attached hydrogens (tertiary/aromatic N) is 4. The summed E-state index contributed by atoms with van der Waals surface area (Å²) >= 11 is 0. The molecule has 1 aliphatic rings. The van der Waals surface area contributed by atoms with Gasteiger partial charge in [-0.3, -0.25) is 14.9 Å². The summed E-state index contributed by atoms with van der Waals surface area (Å²) < 4.78 is 0. The van der Waals surface area contributed by atoms with Crippen LogP contribution in [0.2, 0.25) is 0 Å². The summed E-state index contributed by atoms with van der Waals surface area (Å²) in [5.41, 5.74) is 3.57. The van der Waals surface area contributed by atoms with Gasteiger partial charge in [0.25, 0.3) is 0 Å². The molecule has 0 bridgehead atoms. The number of aromatic amines is 1. The molecule has 3 heterocycles. The molecule has 21 heavy (non-hydrogen) atoms. The van der Waals surface area contributed by atoms with Gasteiger partial charge in [-0.05, 0) is 31.7 Å². The van der Waals surface area contributed by atoms with Gasteiger partial charge in [0.05, 0.1) is 11.9 Å². The van der Waals surface area contributed by atoms with Crippen LogP contribution in [0.1, 0.15) is 24.7 Å². The maximum atomic E-state index is 11.4. The summed E-state index contributed by atoms with van der Waals surface area (Å²) in [5.74, 6) is 0.628. The van der Waals surface area contributed by atoms with Crippen molar-refractivity contribution in [3.05, 3.63) is 29.8 Å². The van der Waals surface area contributed by atoms with Gasteiger partial charge in [0.1, 0.15) is 11.4 Å². The molecule has 1 fully saturated rings. The van der Waals surface area contributed by atoms with E-state index in [1.54, 1.807) is 19.3 Å². The van der Waals surface area contributed by atoms with Crippen molar-refractivity contribution in [1.82, 2.24) is 25.1 Å². The monoisotopic (exact) mass is 285 g/mol. The number of H-pyrrole nitrogens is 1. The number of carbonyl (C=O) groups is 1. The van der Waals surface area contributed by atoms with Crippen LogP contribution < -0.4 is 0 Å². The van der Waals surface area contributed by atoms with Gasteiger partial charge in [-0.2, -0.15) is 5.10 Å². The van der Waals surface area contributed by atoms with Gasteiger partial charge in [-0.25, -0.2) is 4.98 Å². The normalized spacial score (nSPS) is 18.2. The molecule has 0 saturated carbocycles. The van der Waals surface area contributed by atoms with Crippen LogP contribution in [0.4, 0.5) is 0 Å². The predicted octanol–water partition coefficient (Wildman–Crippen LogP) is 1.59. The van der Waals surface area contributed by atoms with Gasteiger partial charge in [0, 0.05) is 31.9 Å². The molecule has 0 radical (unpaired) electrons. The zero-order chi connectivity index (χ0) is 14.8. The van der Waals surface area contributed by atoms with E-state index < -0.39 is 0 Å². The minimum absolute atomic E-state index is 0.157. The molecule has 6 heteroatoms. The van der Waals surface area contributed by atoms with E-state index >= 15 is 0 Å². The summed E-state index contributed by atoms with van der Waals surface area (Å²) in [6.45, 7) is 5.26. The van der Waals surface area contributed by atoms with Crippen LogP contribution >= 0.6 is 0 Å². The molecule has 0 aliphatic carbocycles. The molecule has 3 rings (SSSR count). The van der Waals surface area contributed by atoms with E-state index in [0.717, 1.165) is 48.7 Å². The molecule has 0 spiro atoms. The molecular weight excluding hydrogens is 266 g/mol. The summed E-state index contributed by atoms with van der Waals surface area (Å²) in [5, 5.41) is 7.13. The Morgan fingerprint density at radius 1 is 1.43 bits per heavy atom. The number of aromatic nitrogens is 4. The number of rotatable bonds is 3. The highest BCUT2D eigenvalue weighted by atomic mass is 16.2. The Bertz CT molecular complexity index is 651. The lowest BCUT2D eigenvalue weighted by Gasteiger charge is -2.13. The Balaban J connectivity index is 1.71. The molecule has 6 nitrogen and oxygen atoms in total. The minimum atomic E-state index is 0.157. The van der Waals surface area contributed by atoms with Gasteiger partial charge in [0.15, 0.2) is 0 Å². The third-order valence-corrected chi connectivity index (χ3v) is 3.88. The first-order chi connectivity index (χ1) is 10.1. The molecule has 2 aromatic rings. The van der Waals surface area contributed by atoms with Crippen molar-refractivity contribution in [2.75, 3.05) is 13.1 Å². The highest BCUT2D eigenvalue weighted by Crippen LogP contribution is 2.21. The van der Waals surface area contributed by atoms with Crippen molar-refractivity contribution in [2.45, 2.75) is 26.7 Å². The smallest absolute Gasteiger partial charge is 0.219 e. The number of hydrogen-bond acceptors (Lipinski definition) is 4. The van der Waals surface area contributed by atoms with E-state index in [0.29, 0.717) is 5.92 Å². The quantitative estimate of drug-likeness (QED) is 0.929. The second kappa shape index (κ2) is 5.63. The van der Waals surface area contributed by atoms with E-state index in [1.165, 1.54) is 0 Å². The Morgan fingerprint density at radius 2 is 2.29 bits per heavy atom. The van der Waals surface area contributed by atoms with Crippen molar-refractivity contribution in [1.29, 1.82) is 0 Å². The predicted molar refractivity (Wildman–Crippen MR) is 78.4 cm³/mol. The van der Waals surface area contributed by atoms with Crippen LogP contribution in [-0.4, -0.2) is 44.1 Å². The number of aryl methyl sites for hydroxylation is 1. The molecular formula is C15H19N5O. The van der Waals surface area contributed by atoms with Crippen molar-refractivity contribution in [2.24, 2.45) is 5.92 Å². The summed E-state index contributed by atoms with van der Waals surface area (Å²) in [4.78, 5) is 22.2. The summed E-state index contributed by atoms with van der Waals surface area (Å²) in [7, 11) is 0. The fraction of sp³-hybridized carbons (Fsp3) is 0.467. The van der Waals surface area contributed by atoms with Crippen LogP contribution in [0, 0.1) is 12.8 Å². The van der Waals surface area contributed by atoms with Gasteiger partial charge < -0.3 is 4.90 Å². The lowest BCUT2D eigenvalue weighted by Crippen LogP contribution is -2.26. The zero-order valence-electron chi connectivity index (χ0n) is 12.3. The van der Waals surface area contributed by atoms with E-state index in [1.807, 2.05) is 17.9 Å². The Hall–Kier alpha value is -2.24. The maximum Gasteiger partial charge on any atom is 0.219 e. The van der Waals surface area contributed by atoms with Crippen LogP contribution in [0.5, 0.6) is 0 Å². The third kappa shape index (κ3) is 3.09. The van der Waals surface area contributed by atoms with Crippen molar-refractivity contribution < 1.29 is 4.79 Å². The van der Waals surface area contributed by atoms with Gasteiger partial charge >= 0.3 is 0 Å². The molecule has 1 N–H and O–H groups in total. The Morgan fingerprint density at radius 3 is 2.95 bits per heavy atom. The van der Waals surface area contributed by atoms with Crippen LogP contribution in [-0.2, 0) is 11.2 Å². The molecule has 1 atom stereocenters. The number of carbonyl (C=O) groups excluding carboxylic acids is 1. The second-order valence-corrected chi connectivity index (χ2v) is 5.66. The highest BCUT2D eigenvalue weighted by molar-refractivity contribution is 5.73. The molecule has 2 aromatic heterocycles. The van der Waals surface area contributed by atoms with Crippen LogP contribution in [0.3, 0.4) is 0 Å².